The molecule has 2 amide bonds. The minimum absolute atomic E-state index is 0.149. The van der Waals surface area contributed by atoms with E-state index in [2.05, 4.69) is 20.7 Å². The molecule has 2 aliphatic rings. The number of rotatable bonds is 5. The maximum atomic E-state index is 12.6. The summed E-state index contributed by atoms with van der Waals surface area (Å²) >= 11 is 0. The van der Waals surface area contributed by atoms with E-state index in [0.29, 0.717) is 17.6 Å². The molecule has 2 aromatic rings. The molecular formula is C18H23N5O2. The first-order valence-corrected chi connectivity index (χ1v) is 9.04. The number of carbonyl (C=O) groups excluding carboxylic acids is 2. The molecule has 2 saturated carbocycles. The van der Waals surface area contributed by atoms with Gasteiger partial charge in [-0.15, -0.1) is 0 Å². The molecule has 0 unspecified atom stereocenters. The normalized spacial score (nSPS) is 19.5. The van der Waals surface area contributed by atoms with Crippen LogP contribution in [0, 0.1) is 5.92 Å². The van der Waals surface area contributed by atoms with Crippen molar-refractivity contribution in [2.24, 2.45) is 5.92 Å². The Hall–Kier alpha value is -2.44. The van der Waals surface area contributed by atoms with Crippen molar-refractivity contribution in [2.75, 3.05) is 6.54 Å². The maximum Gasteiger partial charge on any atom is 0.255 e. The number of fused-ring (bicyclic) bond motifs is 1. The molecule has 7 heteroatoms. The van der Waals surface area contributed by atoms with Crippen LogP contribution in [0.25, 0.3) is 5.52 Å². The van der Waals surface area contributed by atoms with Gasteiger partial charge in [-0.3, -0.25) is 14.6 Å². The third kappa shape index (κ3) is 3.36. The molecule has 7 nitrogen and oxygen atoms in total. The molecule has 2 aliphatic carbocycles. The van der Waals surface area contributed by atoms with E-state index in [1.54, 1.807) is 29.3 Å². The van der Waals surface area contributed by atoms with Crippen molar-refractivity contribution in [3.8, 4) is 0 Å². The van der Waals surface area contributed by atoms with Gasteiger partial charge in [-0.25, -0.2) is 4.52 Å². The quantitative estimate of drug-likeness (QED) is 0.866. The zero-order valence-corrected chi connectivity index (χ0v) is 14.2. The summed E-state index contributed by atoms with van der Waals surface area (Å²) in [7, 11) is 0. The highest BCUT2D eigenvalue weighted by molar-refractivity contribution is 6.00. The Morgan fingerprint density at radius 1 is 1.20 bits per heavy atom. The SMILES string of the molecule is O=C(NCC1(NC(=O)C2CC2)CCCCC1)c1cnn2ccncc12. The lowest BCUT2D eigenvalue weighted by atomic mass is 9.81. The van der Waals surface area contributed by atoms with Gasteiger partial charge in [-0.1, -0.05) is 19.3 Å². The molecule has 132 valence electrons. The van der Waals surface area contributed by atoms with E-state index in [1.165, 1.54) is 6.42 Å². The van der Waals surface area contributed by atoms with Crippen molar-refractivity contribution in [1.82, 2.24) is 25.2 Å². The largest absolute Gasteiger partial charge is 0.350 e. The van der Waals surface area contributed by atoms with Crippen molar-refractivity contribution < 1.29 is 9.59 Å². The number of aromatic nitrogens is 3. The van der Waals surface area contributed by atoms with Crippen LogP contribution in [0.3, 0.4) is 0 Å². The van der Waals surface area contributed by atoms with Gasteiger partial charge in [-0.05, 0) is 25.7 Å². The van der Waals surface area contributed by atoms with Crippen molar-refractivity contribution in [2.45, 2.75) is 50.5 Å². The van der Waals surface area contributed by atoms with Gasteiger partial charge in [0.25, 0.3) is 5.91 Å². The fourth-order valence-corrected chi connectivity index (χ4v) is 3.64. The lowest BCUT2D eigenvalue weighted by Gasteiger charge is -2.38. The first-order valence-electron chi connectivity index (χ1n) is 9.04. The number of hydrogen-bond acceptors (Lipinski definition) is 4. The van der Waals surface area contributed by atoms with Crippen molar-refractivity contribution in [3.05, 3.63) is 30.4 Å². The molecule has 0 aliphatic heterocycles. The molecule has 0 atom stereocenters. The summed E-state index contributed by atoms with van der Waals surface area (Å²) in [6, 6.07) is 0. The van der Waals surface area contributed by atoms with Crippen LogP contribution >= 0.6 is 0 Å². The standard InChI is InChI=1S/C18H23N5O2/c24-16(13-4-5-13)22-18(6-2-1-3-7-18)12-20-17(25)14-10-21-23-9-8-19-11-15(14)23/h8-11,13H,1-7,12H2,(H,20,25)(H,22,24). The predicted molar refractivity (Wildman–Crippen MR) is 92.0 cm³/mol. The lowest BCUT2D eigenvalue weighted by Crippen LogP contribution is -2.57. The van der Waals surface area contributed by atoms with Gasteiger partial charge in [0, 0.05) is 24.9 Å². The van der Waals surface area contributed by atoms with Crippen LogP contribution in [0.1, 0.15) is 55.3 Å². The smallest absolute Gasteiger partial charge is 0.255 e. The highest BCUT2D eigenvalue weighted by atomic mass is 16.2. The van der Waals surface area contributed by atoms with Crippen molar-refractivity contribution in [3.63, 3.8) is 0 Å². The Morgan fingerprint density at radius 3 is 2.76 bits per heavy atom. The Morgan fingerprint density at radius 2 is 2.00 bits per heavy atom. The highest BCUT2D eigenvalue weighted by Crippen LogP contribution is 2.33. The van der Waals surface area contributed by atoms with Crippen LogP contribution in [-0.2, 0) is 4.79 Å². The van der Waals surface area contributed by atoms with Gasteiger partial charge in [0.15, 0.2) is 0 Å². The van der Waals surface area contributed by atoms with E-state index in [-0.39, 0.29) is 23.3 Å². The van der Waals surface area contributed by atoms with Gasteiger partial charge >= 0.3 is 0 Å². The Kier molecular flexibility index (Phi) is 4.15. The van der Waals surface area contributed by atoms with Crippen molar-refractivity contribution >= 4 is 17.3 Å². The summed E-state index contributed by atoms with van der Waals surface area (Å²) in [6.07, 6.45) is 13.7. The van der Waals surface area contributed by atoms with E-state index in [4.69, 9.17) is 0 Å². The van der Waals surface area contributed by atoms with E-state index >= 15 is 0 Å². The first kappa shape index (κ1) is 16.1. The topological polar surface area (TPSA) is 88.4 Å². The molecule has 0 bridgehead atoms. The van der Waals surface area contributed by atoms with Crippen LogP contribution in [0.15, 0.2) is 24.8 Å². The fourth-order valence-electron chi connectivity index (χ4n) is 3.64. The minimum Gasteiger partial charge on any atom is -0.350 e. The Bertz CT molecular complexity index is 790. The second-order valence-corrected chi connectivity index (χ2v) is 7.25. The summed E-state index contributed by atoms with van der Waals surface area (Å²) in [4.78, 5) is 29.0. The van der Waals surface area contributed by atoms with Crippen molar-refractivity contribution in [1.29, 1.82) is 0 Å². The van der Waals surface area contributed by atoms with E-state index < -0.39 is 0 Å². The maximum absolute atomic E-state index is 12.6. The molecule has 0 spiro atoms. The van der Waals surface area contributed by atoms with Crippen LogP contribution < -0.4 is 10.6 Å². The third-order valence-electron chi connectivity index (χ3n) is 5.30. The van der Waals surface area contributed by atoms with Crippen LogP contribution in [0.4, 0.5) is 0 Å². The average Bonchev–Trinajstić information content (AvgIpc) is 3.40. The third-order valence-corrected chi connectivity index (χ3v) is 5.30. The minimum atomic E-state index is -0.311. The van der Waals surface area contributed by atoms with Gasteiger partial charge in [-0.2, -0.15) is 5.10 Å². The molecule has 0 radical (unpaired) electrons. The van der Waals surface area contributed by atoms with Crippen LogP contribution in [-0.4, -0.2) is 38.5 Å². The highest BCUT2D eigenvalue weighted by Gasteiger charge is 2.38. The summed E-state index contributed by atoms with van der Waals surface area (Å²) in [5, 5.41) is 10.4. The zero-order valence-electron chi connectivity index (χ0n) is 14.2. The number of nitrogens with one attached hydrogen (secondary N) is 2. The lowest BCUT2D eigenvalue weighted by molar-refractivity contribution is -0.124. The summed E-state index contributed by atoms with van der Waals surface area (Å²) in [5.41, 5.74) is 0.877. The van der Waals surface area contributed by atoms with Gasteiger partial charge in [0.1, 0.15) is 0 Å². The molecule has 2 heterocycles. The number of carbonyl (C=O) groups is 2. The molecule has 2 aromatic heterocycles. The van der Waals surface area contributed by atoms with Gasteiger partial charge in [0.05, 0.1) is 29.0 Å². The summed E-state index contributed by atoms with van der Waals surface area (Å²) in [5.74, 6) is 0.158. The monoisotopic (exact) mass is 341 g/mol. The molecule has 2 N–H and O–H groups in total. The fraction of sp³-hybridized carbons (Fsp3) is 0.556. The number of amides is 2. The molecule has 2 fully saturated rings. The van der Waals surface area contributed by atoms with E-state index in [9.17, 15) is 9.59 Å². The first-order chi connectivity index (χ1) is 12.2. The van der Waals surface area contributed by atoms with E-state index in [1.807, 2.05) is 0 Å². The van der Waals surface area contributed by atoms with E-state index in [0.717, 1.165) is 38.5 Å². The molecule has 0 aromatic carbocycles. The number of nitrogens with zero attached hydrogens (tertiary/aromatic N) is 3. The van der Waals surface area contributed by atoms with Crippen LogP contribution in [0.5, 0.6) is 0 Å². The predicted octanol–water partition coefficient (Wildman–Crippen LogP) is 1.69. The molecular weight excluding hydrogens is 318 g/mol. The summed E-state index contributed by atoms with van der Waals surface area (Å²) in [6.45, 7) is 0.460. The van der Waals surface area contributed by atoms with Gasteiger partial charge < -0.3 is 10.6 Å². The average molecular weight is 341 g/mol. The Labute approximate surface area is 146 Å². The second kappa shape index (κ2) is 6.46. The molecule has 0 saturated heterocycles. The van der Waals surface area contributed by atoms with Gasteiger partial charge in [0.2, 0.25) is 5.91 Å². The summed E-state index contributed by atoms with van der Waals surface area (Å²) < 4.78 is 1.63. The Balaban J connectivity index is 1.46. The number of hydrogen-bond donors (Lipinski definition) is 2. The zero-order chi connectivity index (χ0) is 17.3. The molecule has 4 rings (SSSR count). The second-order valence-electron chi connectivity index (χ2n) is 7.25. The van der Waals surface area contributed by atoms with Crippen LogP contribution in [0.2, 0.25) is 0 Å². The molecule has 25 heavy (non-hydrogen) atoms.